The molecule has 6 nitrogen and oxygen atoms in total. The number of hydrogen-bond acceptors (Lipinski definition) is 6. The molecular weight excluding hydrogens is 411 g/mol. The Morgan fingerprint density at radius 1 is 1.24 bits per heavy atom. The van der Waals surface area contributed by atoms with Crippen molar-refractivity contribution in [1.82, 2.24) is 9.88 Å². The van der Waals surface area contributed by atoms with E-state index in [1.807, 2.05) is 5.38 Å². The van der Waals surface area contributed by atoms with Gasteiger partial charge in [0, 0.05) is 24.2 Å². The van der Waals surface area contributed by atoms with Crippen LogP contribution in [0.1, 0.15) is 25.5 Å². The number of thiazole rings is 1. The Hall–Kier alpha value is -1.97. The minimum atomic E-state index is -0.357. The molecule has 29 heavy (non-hydrogen) atoms. The minimum absolute atomic E-state index is 0.140. The molecule has 2 amide bonds. The Bertz CT molecular complexity index is 828. The van der Waals surface area contributed by atoms with Gasteiger partial charge in [-0.15, -0.1) is 23.1 Å². The molecule has 0 spiro atoms. The maximum Gasteiger partial charge on any atom is 0.236 e. The maximum absolute atomic E-state index is 12.9. The quantitative estimate of drug-likeness (QED) is 0.658. The van der Waals surface area contributed by atoms with Crippen molar-refractivity contribution in [1.29, 1.82) is 0 Å². The van der Waals surface area contributed by atoms with Crippen LogP contribution < -0.4 is 10.6 Å². The number of amides is 2. The molecule has 2 heterocycles. The van der Waals surface area contributed by atoms with Crippen LogP contribution in [0.4, 0.5) is 15.2 Å². The van der Waals surface area contributed by atoms with Crippen molar-refractivity contribution < 1.29 is 14.0 Å². The van der Waals surface area contributed by atoms with E-state index in [-0.39, 0.29) is 29.1 Å². The van der Waals surface area contributed by atoms with Gasteiger partial charge in [-0.25, -0.2) is 9.37 Å². The topological polar surface area (TPSA) is 74.3 Å². The van der Waals surface area contributed by atoms with Gasteiger partial charge in [0.1, 0.15) is 5.82 Å². The fraction of sp³-hybridized carbons (Fsp3) is 0.450. The molecule has 1 aliphatic heterocycles. The molecule has 1 aromatic heterocycles. The smallest absolute Gasteiger partial charge is 0.236 e. The van der Waals surface area contributed by atoms with E-state index in [4.69, 9.17) is 0 Å². The number of benzene rings is 1. The number of piperidine rings is 1. The number of carbonyl (C=O) groups is 2. The third-order valence-corrected chi connectivity index (χ3v) is 6.26. The first-order valence-electron chi connectivity index (χ1n) is 9.57. The lowest BCUT2D eigenvalue weighted by Gasteiger charge is -2.30. The number of hydrogen-bond donors (Lipinski definition) is 2. The van der Waals surface area contributed by atoms with Crippen molar-refractivity contribution in [2.45, 2.75) is 26.3 Å². The lowest BCUT2D eigenvalue weighted by Crippen LogP contribution is -2.33. The van der Waals surface area contributed by atoms with Crippen molar-refractivity contribution in [3.05, 3.63) is 41.2 Å². The van der Waals surface area contributed by atoms with E-state index in [0.717, 1.165) is 31.2 Å². The molecule has 0 aliphatic carbocycles. The number of likely N-dealkylation sites (tertiary alicyclic amines) is 1. The summed E-state index contributed by atoms with van der Waals surface area (Å²) in [4.78, 5) is 30.9. The molecule has 1 saturated heterocycles. The zero-order valence-electron chi connectivity index (χ0n) is 16.3. The molecule has 1 unspecified atom stereocenters. The molecule has 0 bridgehead atoms. The van der Waals surface area contributed by atoms with Crippen LogP contribution in [0, 0.1) is 11.7 Å². The summed E-state index contributed by atoms with van der Waals surface area (Å²) < 4.78 is 12.9. The normalized spacial score (nSPS) is 17.1. The maximum atomic E-state index is 12.9. The Labute approximate surface area is 178 Å². The number of halogens is 1. The van der Waals surface area contributed by atoms with Crippen molar-refractivity contribution >= 4 is 45.7 Å². The SMILES string of the molecule is CC1CCCN(Cc2csc(NC(=O)CSCC(=O)Nc3ccc(F)cc3)n2)C1. The second-order valence-electron chi connectivity index (χ2n) is 7.22. The van der Waals surface area contributed by atoms with E-state index >= 15 is 0 Å². The molecule has 0 radical (unpaired) electrons. The summed E-state index contributed by atoms with van der Waals surface area (Å²) in [6, 6.07) is 5.55. The Morgan fingerprint density at radius 3 is 2.69 bits per heavy atom. The van der Waals surface area contributed by atoms with Crippen molar-refractivity contribution in [2.24, 2.45) is 5.92 Å². The van der Waals surface area contributed by atoms with E-state index < -0.39 is 0 Å². The van der Waals surface area contributed by atoms with Crippen LogP contribution >= 0.6 is 23.1 Å². The first kappa shape index (κ1) is 21.7. The number of nitrogens with one attached hydrogen (secondary N) is 2. The highest BCUT2D eigenvalue weighted by molar-refractivity contribution is 8.00. The first-order valence-corrected chi connectivity index (χ1v) is 11.6. The van der Waals surface area contributed by atoms with Crippen molar-refractivity contribution in [2.75, 3.05) is 35.2 Å². The number of anilines is 2. The molecule has 9 heteroatoms. The van der Waals surface area contributed by atoms with Crippen molar-refractivity contribution in [3.63, 3.8) is 0 Å². The standard InChI is InChI=1S/C20H25FN4O2S2/c1-14-3-2-8-25(9-14)10-17-11-29-20(23-17)24-19(27)13-28-12-18(26)22-16-6-4-15(21)5-7-16/h4-7,11,14H,2-3,8-10,12-13H2,1H3,(H,22,26)(H,23,24,27). The number of nitrogens with zero attached hydrogens (tertiary/aromatic N) is 2. The largest absolute Gasteiger partial charge is 0.325 e. The molecule has 0 saturated carbocycles. The van der Waals surface area contributed by atoms with Gasteiger partial charge in [-0.2, -0.15) is 0 Å². The van der Waals surface area contributed by atoms with E-state index in [0.29, 0.717) is 10.8 Å². The number of rotatable bonds is 8. The average Bonchev–Trinajstić information content (AvgIpc) is 3.10. The Morgan fingerprint density at radius 2 is 1.97 bits per heavy atom. The van der Waals surface area contributed by atoms with E-state index in [9.17, 15) is 14.0 Å². The summed E-state index contributed by atoms with van der Waals surface area (Å²) in [5, 5.41) is 8.03. The zero-order chi connectivity index (χ0) is 20.6. The minimum Gasteiger partial charge on any atom is -0.325 e. The number of aromatic nitrogens is 1. The van der Waals surface area contributed by atoms with Gasteiger partial charge in [0.05, 0.1) is 17.2 Å². The molecule has 3 rings (SSSR count). The van der Waals surface area contributed by atoms with Crippen LogP contribution in [0.3, 0.4) is 0 Å². The van der Waals surface area contributed by atoms with Gasteiger partial charge in [0.15, 0.2) is 5.13 Å². The average molecular weight is 437 g/mol. The van der Waals surface area contributed by atoms with Crippen LogP contribution in [-0.2, 0) is 16.1 Å². The van der Waals surface area contributed by atoms with Gasteiger partial charge in [0.25, 0.3) is 0 Å². The van der Waals surface area contributed by atoms with Gasteiger partial charge in [0.2, 0.25) is 11.8 Å². The van der Waals surface area contributed by atoms with Gasteiger partial charge in [-0.05, 0) is 49.6 Å². The summed E-state index contributed by atoms with van der Waals surface area (Å²) in [5.41, 5.74) is 1.51. The highest BCUT2D eigenvalue weighted by Gasteiger charge is 2.17. The molecule has 1 atom stereocenters. The van der Waals surface area contributed by atoms with Gasteiger partial charge in [-0.3, -0.25) is 14.5 Å². The predicted molar refractivity (Wildman–Crippen MR) is 117 cm³/mol. The molecule has 2 N–H and O–H groups in total. The van der Waals surface area contributed by atoms with Crippen LogP contribution in [0.15, 0.2) is 29.6 Å². The van der Waals surface area contributed by atoms with Gasteiger partial charge < -0.3 is 10.6 Å². The highest BCUT2D eigenvalue weighted by atomic mass is 32.2. The fourth-order valence-corrected chi connectivity index (χ4v) is 4.55. The lowest BCUT2D eigenvalue weighted by atomic mass is 10.0. The van der Waals surface area contributed by atoms with Crippen molar-refractivity contribution in [3.8, 4) is 0 Å². The molecule has 1 aliphatic rings. The predicted octanol–water partition coefficient (Wildman–Crippen LogP) is 3.82. The third-order valence-electron chi connectivity index (χ3n) is 4.52. The summed E-state index contributed by atoms with van der Waals surface area (Å²) in [6.45, 7) is 5.28. The summed E-state index contributed by atoms with van der Waals surface area (Å²) in [6.07, 6.45) is 2.51. The van der Waals surface area contributed by atoms with Crippen LogP contribution in [-0.4, -0.2) is 46.3 Å². The summed E-state index contributed by atoms with van der Waals surface area (Å²) >= 11 is 2.64. The van der Waals surface area contributed by atoms with E-state index in [2.05, 4.69) is 27.4 Å². The zero-order valence-corrected chi connectivity index (χ0v) is 18.0. The van der Waals surface area contributed by atoms with Gasteiger partial charge >= 0.3 is 0 Å². The monoisotopic (exact) mass is 436 g/mol. The Kier molecular flexibility index (Phi) is 8.02. The number of thioether (sulfide) groups is 1. The molecule has 1 fully saturated rings. The first-order chi connectivity index (χ1) is 14.0. The second kappa shape index (κ2) is 10.7. The third kappa shape index (κ3) is 7.41. The highest BCUT2D eigenvalue weighted by Crippen LogP contribution is 2.21. The van der Waals surface area contributed by atoms with Crippen LogP contribution in [0.2, 0.25) is 0 Å². The van der Waals surface area contributed by atoms with Crippen LogP contribution in [0.25, 0.3) is 0 Å². The lowest BCUT2D eigenvalue weighted by molar-refractivity contribution is -0.114. The molecule has 156 valence electrons. The fourth-order valence-electron chi connectivity index (χ4n) is 3.22. The van der Waals surface area contributed by atoms with Gasteiger partial charge in [-0.1, -0.05) is 6.92 Å². The summed E-state index contributed by atoms with van der Waals surface area (Å²) in [5.74, 6) is 0.249. The Balaban J connectivity index is 1.35. The second-order valence-corrected chi connectivity index (χ2v) is 9.07. The van der Waals surface area contributed by atoms with E-state index in [1.54, 1.807) is 0 Å². The van der Waals surface area contributed by atoms with E-state index in [1.165, 1.54) is 60.2 Å². The molecule has 2 aromatic rings. The van der Waals surface area contributed by atoms with Crippen LogP contribution in [0.5, 0.6) is 0 Å². The summed E-state index contributed by atoms with van der Waals surface area (Å²) in [7, 11) is 0. The molecule has 1 aromatic carbocycles. The number of carbonyl (C=O) groups excluding carboxylic acids is 2. The molecular formula is C20H25FN4O2S2.